The molecule has 4 N–H and O–H groups in total. The van der Waals surface area contributed by atoms with Crippen molar-refractivity contribution in [2.45, 2.75) is 77.4 Å². The van der Waals surface area contributed by atoms with Gasteiger partial charge < -0.3 is 39.7 Å². The van der Waals surface area contributed by atoms with Crippen molar-refractivity contribution >= 4 is 23.8 Å². The zero-order valence-electron chi connectivity index (χ0n) is 25.9. The number of benzene rings is 2. The summed E-state index contributed by atoms with van der Waals surface area (Å²) in [5.74, 6) is -5.47. The number of amides is 2. The van der Waals surface area contributed by atoms with E-state index in [1.807, 2.05) is 0 Å². The van der Waals surface area contributed by atoms with Crippen molar-refractivity contribution in [3.05, 3.63) is 71.8 Å². The number of hydrogen-bond acceptors (Lipinski definition) is 8. The van der Waals surface area contributed by atoms with Crippen LogP contribution >= 0.6 is 0 Å². The summed E-state index contributed by atoms with van der Waals surface area (Å²) in [5.41, 5.74) is 1.25. The molecular weight excluding hydrogens is 572 g/mol. The largest absolute Gasteiger partial charge is 0.480 e. The third kappa shape index (κ3) is 9.58. The lowest BCUT2D eigenvalue weighted by Gasteiger charge is -2.37. The second kappa shape index (κ2) is 16.9. The van der Waals surface area contributed by atoms with Crippen LogP contribution in [0.3, 0.4) is 0 Å². The van der Waals surface area contributed by atoms with Crippen LogP contribution in [-0.2, 0) is 41.9 Å². The van der Waals surface area contributed by atoms with Gasteiger partial charge in [-0.2, -0.15) is 0 Å². The first-order valence-corrected chi connectivity index (χ1v) is 14.3. The van der Waals surface area contributed by atoms with Gasteiger partial charge in [-0.3, -0.25) is 9.59 Å². The number of carboxylic acid groups (broad SMARTS) is 2. The highest BCUT2D eigenvalue weighted by atomic mass is 16.5. The summed E-state index contributed by atoms with van der Waals surface area (Å²) in [6.07, 6.45) is -7.82. The number of rotatable bonds is 17. The Hall–Kier alpha value is -3.84. The predicted octanol–water partition coefficient (Wildman–Crippen LogP) is 2.01. The quantitative estimate of drug-likeness (QED) is 0.206. The van der Waals surface area contributed by atoms with Crippen molar-refractivity contribution in [3.8, 4) is 0 Å². The fourth-order valence-corrected chi connectivity index (χ4v) is 4.98. The van der Waals surface area contributed by atoms with Gasteiger partial charge in [0.1, 0.15) is 24.3 Å². The van der Waals surface area contributed by atoms with Crippen molar-refractivity contribution in [2.75, 3.05) is 14.1 Å². The highest BCUT2D eigenvalue weighted by Gasteiger charge is 2.45. The lowest BCUT2D eigenvalue weighted by Crippen LogP contribution is -2.59. The SMILES string of the molecule is CC(C)C(C(=O)O)N(C)C(=O)[C@H](OCc1ccccc1)[C@@H](O)[C@H](O)[C@@H](OCc1ccccc1)C(=O)N(C)C(C(=O)O)C(C)C. The van der Waals surface area contributed by atoms with E-state index in [4.69, 9.17) is 9.47 Å². The van der Waals surface area contributed by atoms with Crippen molar-refractivity contribution in [3.63, 3.8) is 0 Å². The maximum Gasteiger partial charge on any atom is 0.326 e. The topological polar surface area (TPSA) is 174 Å². The van der Waals surface area contributed by atoms with Crippen LogP contribution in [0.1, 0.15) is 38.8 Å². The molecule has 12 heteroatoms. The summed E-state index contributed by atoms with van der Waals surface area (Å²) >= 11 is 0. The Morgan fingerprint density at radius 3 is 1.16 bits per heavy atom. The molecule has 44 heavy (non-hydrogen) atoms. The molecule has 0 saturated carbocycles. The van der Waals surface area contributed by atoms with E-state index in [2.05, 4.69) is 0 Å². The van der Waals surface area contributed by atoms with E-state index in [9.17, 15) is 39.6 Å². The van der Waals surface area contributed by atoms with E-state index >= 15 is 0 Å². The Bertz CT molecular complexity index is 1130. The summed E-state index contributed by atoms with van der Waals surface area (Å²) in [7, 11) is 2.50. The zero-order chi connectivity index (χ0) is 33.1. The molecule has 0 fully saturated rings. The number of nitrogens with zero attached hydrogens (tertiary/aromatic N) is 2. The standard InChI is InChI=1S/C32H44N2O10/c1-19(2)23(31(39)40)33(5)29(37)27(43-17-21-13-9-7-10-14-21)25(35)26(36)28(44-18-22-15-11-8-12-16-22)30(38)34(6)24(20(3)4)32(41)42/h7-16,19-20,23-28,35-36H,17-18H2,1-6H3,(H,39,40)(H,41,42)/t23?,24?,25-,26-,27+,28+/m0/s1. The summed E-state index contributed by atoms with van der Waals surface area (Å²) in [6.45, 7) is 6.08. The van der Waals surface area contributed by atoms with Gasteiger partial charge in [-0.05, 0) is 23.0 Å². The van der Waals surface area contributed by atoms with Crippen molar-refractivity contribution in [1.29, 1.82) is 0 Å². The van der Waals surface area contributed by atoms with Crippen LogP contribution in [0, 0.1) is 11.8 Å². The number of ether oxygens (including phenoxy) is 2. The van der Waals surface area contributed by atoms with E-state index in [-0.39, 0.29) is 13.2 Å². The van der Waals surface area contributed by atoms with Gasteiger partial charge in [0.2, 0.25) is 0 Å². The van der Waals surface area contributed by atoms with Gasteiger partial charge in [-0.1, -0.05) is 88.4 Å². The van der Waals surface area contributed by atoms with E-state index in [1.165, 1.54) is 14.1 Å². The Morgan fingerprint density at radius 1 is 0.614 bits per heavy atom. The van der Waals surface area contributed by atoms with Crippen LogP contribution in [0.2, 0.25) is 0 Å². The normalized spacial score (nSPS) is 15.6. The summed E-state index contributed by atoms with van der Waals surface area (Å²) in [6, 6.07) is 14.8. The van der Waals surface area contributed by atoms with Crippen LogP contribution in [0.25, 0.3) is 0 Å². The Kier molecular flexibility index (Phi) is 13.9. The number of carbonyl (C=O) groups is 4. The first-order valence-electron chi connectivity index (χ1n) is 14.3. The van der Waals surface area contributed by atoms with Gasteiger partial charge in [0.15, 0.2) is 12.2 Å². The maximum absolute atomic E-state index is 13.7. The second-order valence-corrected chi connectivity index (χ2v) is 11.4. The highest BCUT2D eigenvalue weighted by molar-refractivity contribution is 5.88. The summed E-state index contributed by atoms with van der Waals surface area (Å²) in [5, 5.41) is 42.5. The average molecular weight is 617 g/mol. The molecule has 0 aliphatic rings. The van der Waals surface area contributed by atoms with Crippen molar-refractivity contribution in [1.82, 2.24) is 9.80 Å². The monoisotopic (exact) mass is 616 g/mol. The van der Waals surface area contributed by atoms with E-state index < -0.39 is 72.1 Å². The minimum absolute atomic E-state index is 0.188. The van der Waals surface area contributed by atoms with Gasteiger partial charge in [-0.25, -0.2) is 9.59 Å². The van der Waals surface area contributed by atoms with Gasteiger partial charge in [0.25, 0.3) is 11.8 Å². The molecule has 2 aromatic carbocycles. The van der Waals surface area contributed by atoms with Crippen LogP contribution in [-0.4, -0.2) is 105 Å². The van der Waals surface area contributed by atoms with Crippen molar-refractivity contribution < 1.29 is 49.1 Å². The predicted molar refractivity (Wildman–Crippen MR) is 160 cm³/mol. The van der Waals surface area contributed by atoms with Crippen LogP contribution in [0.5, 0.6) is 0 Å². The number of aliphatic hydroxyl groups is 2. The fourth-order valence-electron chi connectivity index (χ4n) is 4.98. The number of carboxylic acids is 2. The fraction of sp³-hybridized carbons (Fsp3) is 0.500. The lowest BCUT2D eigenvalue weighted by molar-refractivity contribution is -0.183. The number of likely N-dealkylation sites (N-methyl/N-ethyl adjacent to an activating group) is 2. The minimum atomic E-state index is -2.09. The third-order valence-corrected chi connectivity index (χ3v) is 7.30. The molecule has 2 rings (SSSR count). The first kappa shape index (κ1) is 36.4. The molecular formula is C32H44N2O10. The molecule has 0 bridgehead atoms. The molecule has 6 atom stereocenters. The summed E-state index contributed by atoms with van der Waals surface area (Å²) in [4.78, 5) is 53.2. The molecule has 242 valence electrons. The van der Waals surface area contributed by atoms with Gasteiger partial charge >= 0.3 is 11.9 Å². The molecule has 0 heterocycles. The van der Waals surface area contributed by atoms with Gasteiger partial charge in [0.05, 0.1) is 13.2 Å². The molecule has 2 aromatic rings. The van der Waals surface area contributed by atoms with E-state index in [1.54, 1.807) is 88.4 Å². The number of carbonyl (C=O) groups excluding carboxylic acids is 2. The van der Waals surface area contributed by atoms with Crippen LogP contribution in [0.4, 0.5) is 0 Å². The Labute approximate surface area is 257 Å². The third-order valence-electron chi connectivity index (χ3n) is 7.30. The minimum Gasteiger partial charge on any atom is -0.480 e. The van der Waals surface area contributed by atoms with Crippen LogP contribution in [0.15, 0.2) is 60.7 Å². The molecule has 0 aromatic heterocycles. The van der Waals surface area contributed by atoms with Gasteiger partial charge in [0, 0.05) is 14.1 Å². The Balaban J connectivity index is 2.50. The molecule has 0 aliphatic carbocycles. The highest BCUT2D eigenvalue weighted by Crippen LogP contribution is 2.22. The molecule has 0 saturated heterocycles. The van der Waals surface area contributed by atoms with Gasteiger partial charge in [-0.15, -0.1) is 0 Å². The molecule has 0 radical (unpaired) electrons. The maximum atomic E-state index is 13.7. The van der Waals surface area contributed by atoms with E-state index in [0.717, 1.165) is 9.80 Å². The zero-order valence-corrected chi connectivity index (χ0v) is 25.9. The number of aliphatic hydroxyl groups excluding tert-OH is 2. The first-order chi connectivity index (χ1) is 20.7. The number of aliphatic carboxylic acids is 2. The molecule has 2 amide bonds. The second-order valence-electron chi connectivity index (χ2n) is 11.4. The molecule has 2 unspecified atom stereocenters. The lowest BCUT2D eigenvalue weighted by atomic mass is 9.97. The summed E-state index contributed by atoms with van der Waals surface area (Å²) < 4.78 is 11.6. The molecule has 12 nitrogen and oxygen atoms in total. The van der Waals surface area contributed by atoms with E-state index in [0.29, 0.717) is 11.1 Å². The average Bonchev–Trinajstić information content (AvgIpc) is 2.97. The Morgan fingerprint density at radius 2 is 0.909 bits per heavy atom. The van der Waals surface area contributed by atoms with Crippen molar-refractivity contribution in [2.24, 2.45) is 11.8 Å². The molecule has 0 aliphatic heterocycles. The number of hydrogen-bond donors (Lipinski definition) is 4. The van der Waals surface area contributed by atoms with Crippen LogP contribution < -0.4 is 0 Å². The molecule has 0 spiro atoms. The smallest absolute Gasteiger partial charge is 0.326 e.